The van der Waals surface area contributed by atoms with Crippen LogP contribution in [-0.4, -0.2) is 42.8 Å². The predicted molar refractivity (Wildman–Crippen MR) is 120 cm³/mol. The van der Waals surface area contributed by atoms with Gasteiger partial charge in [-0.15, -0.1) is 0 Å². The first-order chi connectivity index (χ1) is 14.8. The Morgan fingerprint density at radius 3 is 2.28 bits per heavy atom. The van der Waals surface area contributed by atoms with E-state index in [1.165, 1.54) is 6.07 Å². The molecule has 0 bridgehead atoms. The number of ether oxygens (including phenoxy) is 1. The number of anilines is 1. The van der Waals surface area contributed by atoms with E-state index in [-0.39, 0.29) is 36.4 Å². The smallest absolute Gasteiger partial charge is 0.414 e. The van der Waals surface area contributed by atoms with Crippen molar-refractivity contribution in [1.29, 1.82) is 0 Å². The van der Waals surface area contributed by atoms with Gasteiger partial charge >= 0.3 is 6.09 Å². The second-order valence-corrected chi connectivity index (χ2v) is 11.1. The van der Waals surface area contributed by atoms with Gasteiger partial charge in [-0.05, 0) is 41.3 Å². The first-order valence-electron chi connectivity index (χ1n) is 10.1. The molecule has 1 aliphatic heterocycles. The van der Waals surface area contributed by atoms with Crippen LogP contribution >= 0.6 is 11.6 Å². The Labute approximate surface area is 192 Å². The van der Waals surface area contributed by atoms with E-state index < -0.39 is 32.6 Å². The van der Waals surface area contributed by atoms with Crippen molar-refractivity contribution < 1.29 is 27.4 Å². The number of halogens is 2. The summed E-state index contributed by atoms with van der Waals surface area (Å²) in [6.45, 7) is 5.94. The Morgan fingerprint density at radius 1 is 1.16 bits per heavy atom. The number of carbonyl (C=O) groups excluding carboxylic acids is 1. The van der Waals surface area contributed by atoms with Crippen molar-refractivity contribution in [2.75, 3.05) is 18.4 Å². The molecule has 1 heterocycles. The summed E-state index contributed by atoms with van der Waals surface area (Å²) in [5.41, 5.74) is 1.57. The molecule has 10 heteroatoms. The van der Waals surface area contributed by atoms with E-state index in [9.17, 15) is 22.7 Å². The molecule has 0 atom stereocenters. The maximum atomic E-state index is 14.1. The fourth-order valence-electron chi connectivity index (χ4n) is 3.37. The number of piperidine rings is 1. The number of hydrogen-bond donors (Lipinski definition) is 2. The van der Waals surface area contributed by atoms with Gasteiger partial charge in [-0.3, -0.25) is 5.32 Å². The molecule has 32 heavy (non-hydrogen) atoms. The molecule has 1 saturated heterocycles. The molecule has 2 aromatic rings. The third-order valence-corrected chi connectivity index (χ3v) is 7.46. The first kappa shape index (κ1) is 24.4. The molecule has 0 radical (unpaired) electrons. The van der Waals surface area contributed by atoms with Crippen molar-refractivity contribution in [2.45, 2.75) is 49.7 Å². The number of hydrogen-bond acceptors (Lipinski definition) is 5. The number of carbonyl (C=O) groups is 1. The van der Waals surface area contributed by atoms with Crippen LogP contribution in [0.3, 0.4) is 0 Å². The lowest BCUT2D eigenvalue weighted by Crippen LogP contribution is -2.49. The normalized spacial score (nSPS) is 17.1. The lowest BCUT2D eigenvalue weighted by molar-refractivity contribution is -0.180. The second kappa shape index (κ2) is 8.97. The number of rotatable bonds is 4. The van der Waals surface area contributed by atoms with Gasteiger partial charge in [-0.25, -0.2) is 17.6 Å². The van der Waals surface area contributed by atoms with Crippen molar-refractivity contribution in [1.82, 2.24) is 4.31 Å². The van der Waals surface area contributed by atoms with Crippen LogP contribution in [0.4, 0.5) is 14.9 Å². The van der Waals surface area contributed by atoms with Crippen LogP contribution in [0.15, 0.2) is 47.4 Å². The summed E-state index contributed by atoms with van der Waals surface area (Å²) < 4.78 is 45.8. The monoisotopic (exact) mass is 484 g/mol. The molecule has 2 aromatic carbocycles. The van der Waals surface area contributed by atoms with Crippen LogP contribution in [0.1, 0.15) is 39.2 Å². The number of benzene rings is 2. The number of sulfonamides is 1. The molecule has 0 aromatic heterocycles. The highest BCUT2D eigenvalue weighted by Crippen LogP contribution is 2.30. The Hall–Kier alpha value is -2.20. The van der Waals surface area contributed by atoms with Gasteiger partial charge in [-0.1, -0.05) is 44.5 Å². The van der Waals surface area contributed by atoms with E-state index in [2.05, 4.69) is 26.1 Å². The van der Waals surface area contributed by atoms with E-state index in [1.807, 2.05) is 12.1 Å². The molecule has 1 fully saturated rings. The van der Waals surface area contributed by atoms with Gasteiger partial charge in [0.2, 0.25) is 15.8 Å². The summed E-state index contributed by atoms with van der Waals surface area (Å²) >= 11 is 5.69. The molecule has 0 unspecified atom stereocenters. The summed E-state index contributed by atoms with van der Waals surface area (Å²) in [7, 11) is -4.12. The standard InChI is InChI=1S/C22H26ClFN2O5S/c1-21(2,3)15-4-7-17(8-5-15)25-20(27)31-22(28)10-12-26(13-11-22)32(29,30)19-9-6-16(23)14-18(19)24/h4-9,14,28H,10-13H2,1-3H3,(H,25,27). The number of nitrogens with zero attached hydrogens (tertiary/aromatic N) is 1. The average molecular weight is 485 g/mol. The van der Waals surface area contributed by atoms with Crippen LogP contribution in [0, 0.1) is 5.82 Å². The van der Waals surface area contributed by atoms with Gasteiger partial charge in [0.25, 0.3) is 0 Å². The molecule has 0 aliphatic carbocycles. The van der Waals surface area contributed by atoms with Gasteiger partial charge in [-0.2, -0.15) is 4.31 Å². The molecule has 0 saturated carbocycles. The first-order valence-corrected chi connectivity index (χ1v) is 11.9. The Morgan fingerprint density at radius 2 is 1.75 bits per heavy atom. The van der Waals surface area contributed by atoms with Crippen LogP contribution < -0.4 is 5.32 Å². The van der Waals surface area contributed by atoms with Crippen molar-refractivity contribution in [2.24, 2.45) is 0 Å². The van der Waals surface area contributed by atoms with Crippen LogP contribution in [0.2, 0.25) is 5.02 Å². The topological polar surface area (TPSA) is 95.9 Å². The van der Waals surface area contributed by atoms with Gasteiger partial charge in [0.1, 0.15) is 10.7 Å². The zero-order valence-electron chi connectivity index (χ0n) is 18.1. The highest BCUT2D eigenvalue weighted by molar-refractivity contribution is 7.89. The fourth-order valence-corrected chi connectivity index (χ4v) is 5.02. The number of amides is 1. The summed E-state index contributed by atoms with van der Waals surface area (Å²) in [4.78, 5) is 11.8. The maximum absolute atomic E-state index is 14.1. The minimum absolute atomic E-state index is 0.0303. The molecular formula is C22H26ClFN2O5S. The van der Waals surface area contributed by atoms with E-state index in [0.717, 1.165) is 22.0 Å². The van der Waals surface area contributed by atoms with Crippen molar-refractivity contribution in [3.05, 3.63) is 58.9 Å². The van der Waals surface area contributed by atoms with Gasteiger partial charge in [0, 0.05) is 36.6 Å². The highest BCUT2D eigenvalue weighted by atomic mass is 35.5. The van der Waals surface area contributed by atoms with Crippen molar-refractivity contribution in [3.8, 4) is 0 Å². The lowest BCUT2D eigenvalue weighted by Gasteiger charge is -2.36. The minimum Gasteiger partial charge on any atom is -0.417 e. The predicted octanol–water partition coefficient (Wildman–Crippen LogP) is 4.50. The molecule has 174 valence electrons. The molecular weight excluding hydrogens is 459 g/mol. The third-order valence-electron chi connectivity index (χ3n) is 5.30. The molecule has 7 nitrogen and oxygen atoms in total. The Balaban J connectivity index is 1.60. The Kier molecular flexibility index (Phi) is 6.86. The maximum Gasteiger partial charge on any atom is 0.414 e. The van der Waals surface area contributed by atoms with E-state index in [1.54, 1.807) is 12.1 Å². The number of nitrogens with one attached hydrogen (secondary N) is 1. The second-order valence-electron chi connectivity index (χ2n) is 8.77. The largest absolute Gasteiger partial charge is 0.417 e. The van der Waals surface area contributed by atoms with E-state index in [0.29, 0.717) is 5.69 Å². The molecule has 3 rings (SSSR count). The van der Waals surface area contributed by atoms with E-state index >= 15 is 0 Å². The SMILES string of the molecule is CC(C)(C)c1ccc(NC(=O)OC2(O)CCN(S(=O)(=O)c3ccc(Cl)cc3F)CC2)cc1. The zero-order chi connectivity index (χ0) is 23.7. The van der Waals surface area contributed by atoms with Crippen LogP contribution in [0.5, 0.6) is 0 Å². The lowest BCUT2D eigenvalue weighted by atomic mass is 9.87. The molecule has 1 amide bonds. The minimum atomic E-state index is -4.12. The highest BCUT2D eigenvalue weighted by Gasteiger charge is 2.40. The fraction of sp³-hybridized carbons (Fsp3) is 0.409. The zero-order valence-corrected chi connectivity index (χ0v) is 19.6. The summed E-state index contributed by atoms with van der Waals surface area (Å²) in [5, 5.41) is 13.3. The quantitative estimate of drug-likeness (QED) is 0.623. The average Bonchev–Trinajstić information content (AvgIpc) is 2.67. The third kappa shape index (κ3) is 5.58. The summed E-state index contributed by atoms with van der Waals surface area (Å²) in [5.74, 6) is -2.79. The molecule has 0 spiro atoms. The molecule has 2 N–H and O–H groups in total. The summed E-state index contributed by atoms with van der Waals surface area (Å²) in [6.07, 6.45) is -1.16. The molecule has 1 aliphatic rings. The van der Waals surface area contributed by atoms with Crippen molar-refractivity contribution >= 4 is 33.4 Å². The number of aliphatic hydroxyl groups is 1. The van der Waals surface area contributed by atoms with Gasteiger partial charge < -0.3 is 9.84 Å². The van der Waals surface area contributed by atoms with Crippen LogP contribution in [0.25, 0.3) is 0 Å². The van der Waals surface area contributed by atoms with Gasteiger partial charge in [0.05, 0.1) is 0 Å². The van der Waals surface area contributed by atoms with Crippen molar-refractivity contribution in [3.63, 3.8) is 0 Å². The van der Waals surface area contributed by atoms with E-state index in [4.69, 9.17) is 16.3 Å². The Bertz CT molecular complexity index is 1090. The van der Waals surface area contributed by atoms with Crippen LogP contribution in [-0.2, 0) is 20.2 Å². The summed E-state index contributed by atoms with van der Waals surface area (Å²) in [6, 6.07) is 10.6. The van der Waals surface area contributed by atoms with Gasteiger partial charge in [0.15, 0.2) is 0 Å².